The first-order valence-corrected chi connectivity index (χ1v) is 8.92. The number of carbonyl (C=O) groups is 1. The van der Waals surface area contributed by atoms with Crippen molar-refractivity contribution in [2.75, 3.05) is 32.9 Å². The van der Waals surface area contributed by atoms with Crippen molar-refractivity contribution in [1.82, 2.24) is 4.90 Å². The second-order valence-electron chi connectivity index (χ2n) is 6.44. The Morgan fingerprint density at radius 3 is 2.96 bits per heavy atom. The molecule has 5 nitrogen and oxygen atoms in total. The van der Waals surface area contributed by atoms with E-state index in [9.17, 15) is 4.79 Å². The zero-order valence-corrected chi connectivity index (χ0v) is 14.9. The third-order valence-corrected chi connectivity index (χ3v) is 4.50. The Morgan fingerprint density at radius 2 is 2.25 bits per heavy atom. The van der Waals surface area contributed by atoms with Crippen LogP contribution in [0.5, 0.6) is 0 Å². The molecule has 1 aliphatic heterocycles. The fourth-order valence-corrected chi connectivity index (χ4v) is 3.32. The molecule has 24 heavy (non-hydrogen) atoms. The Kier molecular flexibility index (Phi) is 7.53. The summed E-state index contributed by atoms with van der Waals surface area (Å²) in [5.74, 6) is 0.278. The molecule has 0 unspecified atom stereocenters. The maximum absolute atomic E-state index is 11.5. The van der Waals surface area contributed by atoms with Crippen LogP contribution < -0.4 is 5.73 Å². The topological polar surface area (TPSA) is 64.8 Å². The van der Waals surface area contributed by atoms with E-state index in [1.165, 1.54) is 11.1 Å². The van der Waals surface area contributed by atoms with E-state index in [4.69, 9.17) is 15.2 Å². The first-order valence-electron chi connectivity index (χ1n) is 8.92. The van der Waals surface area contributed by atoms with Gasteiger partial charge < -0.3 is 20.1 Å². The van der Waals surface area contributed by atoms with Crippen LogP contribution in [-0.2, 0) is 9.47 Å². The van der Waals surface area contributed by atoms with Gasteiger partial charge in [0.2, 0.25) is 0 Å². The molecule has 1 saturated heterocycles. The van der Waals surface area contributed by atoms with Gasteiger partial charge in [0.15, 0.2) is 0 Å². The molecule has 0 saturated carbocycles. The number of nitrogens with zero attached hydrogens (tertiary/aromatic N) is 1. The average molecular weight is 334 g/mol. The summed E-state index contributed by atoms with van der Waals surface area (Å²) in [6.07, 6.45) is 2.89. The lowest BCUT2D eigenvalue weighted by molar-refractivity contribution is -0.0179. The average Bonchev–Trinajstić information content (AvgIpc) is 2.58. The van der Waals surface area contributed by atoms with Crippen molar-refractivity contribution in [3.05, 3.63) is 35.4 Å². The van der Waals surface area contributed by atoms with Crippen LogP contribution in [0.25, 0.3) is 0 Å². The summed E-state index contributed by atoms with van der Waals surface area (Å²) >= 11 is 0. The van der Waals surface area contributed by atoms with Gasteiger partial charge in [-0.25, -0.2) is 4.79 Å². The number of amides is 2. The molecule has 0 aliphatic carbocycles. The monoisotopic (exact) mass is 334 g/mol. The van der Waals surface area contributed by atoms with Gasteiger partial charge in [-0.1, -0.05) is 29.8 Å². The maximum Gasteiger partial charge on any atom is 0.314 e. The van der Waals surface area contributed by atoms with Gasteiger partial charge in [-0.05, 0) is 38.7 Å². The summed E-state index contributed by atoms with van der Waals surface area (Å²) in [6, 6.07) is 8.11. The van der Waals surface area contributed by atoms with Crippen LogP contribution in [0.2, 0.25) is 0 Å². The summed E-state index contributed by atoms with van der Waals surface area (Å²) in [7, 11) is 0. The van der Waals surface area contributed by atoms with Crippen LogP contribution in [0.1, 0.15) is 43.4 Å². The van der Waals surface area contributed by atoms with Crippen LogP contribution in [0.15, 0.2) is 24.3 Å². The summed E-state index contributed by atoms with van der Waals surface area (Å²) in [4.78, 5) is 13.3. The smallest absolute Gasteiger partial charge is 0.314 e. The molecule has 1 aromatic rings. The lowest BCUT2D eigenvalue weighted by atomic mass is 9.88. The summed E-state index contributed by atoms with van der Waals surface area (Å²) in [6.45, 7) is 7.61. The van der Waals surface area contributed by atoms with E-state index in [1.54, 1.807) is 4.90 Å². The number of ether oxygens (including phenoxy) is 2. The van der Waals surface area contributed by atoms with Crippen molar-refractivity contribution in [1.29, 1.82) is 0 Å². The van der Waals surface area contributed by atoms with Gasteiger partial charge in [0.1, 0.15) is 0 Å². The maximum atomic E-state index is 11.5. The fourth-order valence-electron chi connectivity index (χ4n) is 3.32. The molecule has 2 atom stereocenters. The predicted molar refractivity (Wildman–Crippen MR) is 94.9 cm³/mol. The van der Waals surface area contributed by atoms with Crippen molar-refractivity contribution >= 4 is 6.03 Å². The van der Waals surface area contributed by atoms with Crippen molar-refractivity contribution in [3.8, 4) is 0 Å². The van der Waals surface area contributed by atoms with Crippen LogP contribution in [0, 0.1) is 12.8 Å². The van der Waals surface area contributed by atoms with Crippen molar-refractivity contribution in [2.24, 2.45) is 11.7 Å². The summed E-state index contributed by atoms with van der Waals surface area (Å²) < 4.78 is 11.6. The second-order valence-corrected chi connectivity index (χ2v) is 6.44. The molecule has 1 heterocycles. The highest BCUT2D eigenvalue weighted by Gasteiger charge is 2.30. The Hall–Kier alpha value is -1.59. The molecular weight excluding hydrogens is 304 g/mol. The first kappa shape index (κ1) is 18.7. The van der Waals surface area contributed by atoms with E-state index < -0.39 is 0 Å². The van der Waals surface area contributed by atoms with E-state index in [0.29, 0.717) is 13.2 Å². The number of benzene rings is 1. The van der Waals surface area contributed by atoms with Gasteiger partial charge in [-0.15, -0.1) is 0 Å². The molecule has 2 rings (SSSR count). The van der Waals surface area contributed by atoms with Gasteiger partial charge in [-0.3, -0.25) is 0 Å². The zero-order valence-electron chi connectivity index (χ0n) is 14.9. The highest BCUT2D eigenvalue weighted by atomic mass is 16.5. The Balaban J connectivity index is 2.05. The molecule has 0 bridgehead atoms. The molecule has 1 fully saturated rings. The molecule has 5 heteroatoms. The zero-order chi connectivity index (χ0) is 17.4. The second kappa shape index (κ2) is 9.64. The van der Waals surface area contributed by atoms with Crippen molar-refractivity contribution in [3.63, 3.8) is 0 Å². The SMILES string of the molecule is CCOCCCO[C@@H](c1cccc(C)c1)[C@@H]1CCCN(C(N)=O)C1. The van der Waals surface area contributed by atoms with E-state index in [1.807, 2.05) is 6.92 Å². The van der Waals surface area contributed by atoms with Gasteiger partial charge >= 0.3 is 6.03 Å². The lowest BCUT2D eigenvalue weighted by Gasteiger charge is -2.36. The Labute approximate surface area is 145 Å². The normalized spacial score (nSPS) is 19.2. The van der Waals surface area contributed by atoms with Gasteiger partial charge in [0.05, 0.1) is 6.10 Å². The van der Waals surface area contributed by atoms with Crippen LogP contribution in [0.4, 0.5) is 4.79 Å². The van der Waals surface area contributed by atoms with Crippen molar-refractivity contribution in [2.45, 2.75) is 39.2 Å². The molecule has 2 amide bonds. The molecular formula is C19H30N2O3. The fraction of sp³-hybridized carbons (Fsp3) is 0.632. The van der Waals surface area contributed by atoms with Crippen LogP contribution in [0.3, 0.4) is 0 Å². The number of carbonyl (C=O) groups excluding carboxylic acids is 1. The van der Waals surface area contributed by atoms with Gasteiger partial charge in [0, 0.05) is 38.8 Å². The minimum atomic E-state index is -0.334. The predicted octanol–water partition coefficient (Wildman–Crippen LogP) is 3.27. The highest BCUT2D eigenvalue weighted by Crippen LogP contribution is 2.33. The van der Waals surface area contributed by atoms with E-state index in [0.717, 1.165) is 39.0 Å². The van der Waals surface area contributed by atoms with Crippen molar-refractivity contribution < 1.29 is 14.3 Å². The molecule has 134 valence electrons. The number of urea groups is 1. The number of rotatable bonds is 8. The number of piperidine rings is 1. The highest BCUT2D eigenvalue weighted by molar-refractivity contribution is 5.72. The standard InChI is InChI=1S/C19H30N2O3/c1-3-23-11-6-12-24-18(16-8-4-7-15(2)13-16)17-9-5-10-21(14-17)19(20)22/h4,7-8,13,17-18H,3,5-6,9-12,14H2,1-2H3,(H2,20,22)/t17-,18+/m1/s1. The third kappa shape index (κ3) is 5.49. The number of hydrogen-bond donors (Lipinski definition) is 1. The summed E-state index contributed by atoms with van der Waals surface area (Å²) in [5, 5.41) is 0. The minimum Gasteiger partial charge on any atom is -0.382 e. The molecule has 1 aromatic carbocycles. The Bertz CT molecular complexity index is 521. The molecule has 1 aliphatic rings. The number of hydrogen-bond acceptors (Lipinski definition) is 3. The molecule has 0 aromatic heterocycles. The quantitative estimate of drug-likeness (QED) is 0.742. The first-order chi connectivity index (χ1) is 11.6. The number of nitrogens with two attached hydrogens (primary N) is 1. The number of likely N-dealkylation sites (tertiary alicyclic amines) is 1. The Morgan fingerprint density at radius 1 is 1.42 bits per heavy atom. The third-order valence-electron chi connectivity index (χ3n) is 4.50. The molecule has 2 N–H and O–H groups in total. The van der Waals surface area contributed by atoms with Crippen LogP contribution >= 0.6 is 0 Å². The van der Waals surface area contributed by atoms with E-state index in [-0.39, 0.29) is 18.1 Å². The molecule has 0 radical (unpaired) electrons. The number of aryl methyl sites for hydroxylation is 1. The van der Waals surface area contributed by atoms with E-state index in [2.05, 4.69) is 31.2 Å². The lowest BCUT2D eigenvalue weighted by Crippen LogP contribution is -2.44. The van der Waals surface area contributed by atoms with E-state index >= 15 is 0 Å². The molecule has 0 spiro atoms. The number of primary amides is 1. The van der Waals surface area contributed by atoms with Crippen LogP contribution in [-0.4, -0.2) is 43.8 Å². The van der Waals surface area contributed by atoms with Gasteiger partial charge in [-0.2, -0.15) is 0 Å². The van der Waals surface area contributed by atoms with Gasteiger partial charge in [0.25, 0.3) is 0 Å². The summed E-state index contributed by atoms with van der Waals surface area (Å²) in [5.41, 5.74) is 7.88. The minimum absolute atomic E-state index is 0.00586. The largest absolute Gasteiger partial charge is 0.382 e.